The molecule has 0 aliphatic carbocycles. The summed E-state index contributed by atoms with van der Waals surface area (Å²) in [5, 5.41) is 34.8. The third-order valence-electron chi connectivity index (χ3n) is 1.75. The smallest absolute Gasteiger partial charge is 0.512 e. The summed E-state index contributed by atoms with van der Waals surface area (Å²) >= 11 is 0. The highest BCUT2D eigenvalue weighted by atomic mass is 16.6. The Kier molecular flexibility index (Phi) is 3.67. The lowest BCUT2D eigenvalue weighted by Crippen LogP contribution is -2.22. The van der Waals surface area contributed by atoms with Crippen molar-refractivity contribution < 1.29 is 29.7 Å². The van der Waals surface area contributed by atoms with E-state index in [0.29, 0.717) is 0 Å². The molecule has 0 radical (unpaired) electrons. The molecule has 0 spiro atoms. The minimum atomic E-state index is -2.06. The number of carbonyl (C=O) groups is 1. The van der Waals surface area contributed by atoms with Crippen molar-refractivity contribution in [3.05, 3.63) is 29.3 Å². The number of hydrogen-bond acceptors (Lipinski definition) is 5. The van der Waals surface area contributed by atoms with Crippen LogP contribution in [0, 0.1) is 0 Å². The van der Waals surface area contributed by atoms with E-state index in [1.165, 1.54) is 18.2 Å². The van der Waals surface area contributed by atoms with Gasteiger partial charge in [-0.25, -0.2) is 4.79 Å². The fourth-order valence-corrected chi connectivity index (χ4v) is 1.15. The van der Waals surface area contributed by atoms with E-state index >= 15 is 0 Å². The molecule has 15 heavy (non-hydrogen) atoms. The summed E-state index contributed by atoms with van der Waals surface area (Å²) in [6.45, 7) is -0.565. The van der Waals surface area contributed by atoms with Crippen molar-refractivity contribution in [3.63, 3.8) is 0 Å². The molecular weight excluding hydrogens is 203 g/mol. The van der Waals surface area contributed by atoms with E-state index < -0.39 is 19.9 Å². The van der Waals surface area contributed by atoms with Crippen molar-refractivity contribution in [2.45, 2.75) is 6.61 Å². The summed E-state index contributed by atoms with van der Waals surface area (Å²) in [7, 11) is -2.06. The molecule has 1 rings (SSSR count). The summed E-state index contributed by atoms with van der Waals surface area (Å²) in [5.74, 6) is -1.30. The van der Waals surface area contributed by atoms with E-state index in [2.05, 4.69) is 4.65 Å². The second kappa shape index (κ2) is 4.78. The monoisotopic (exact) mass is 212 g/mol. The van der Waals surface area contributed by atoms with Crippen LogP contribution in [0.1, 0.15) is 15.9 Å². The minimum absolute atomic E-state index is 0.00176. The Bertz CT molecular complexity index is 364. The summed E-state index contributed by atoms with van der Waals surface area (Å²) in [5.41, 5.74) is -0.145. The lowest BCUT2D eigenvalue weighted by atomic mass is 10.1. The van der Waals surface area contributed by atoms with E-state index in [4.69, 9.17) is 20.3 Å². The molecule has 80 valence electrons. The Labute approximate surface area is 85.5 Å². The molecule has 0 atom stereocenters. The highest BCUT2D eigenvalue weighted by molar-refractivity contribution is 6.33. The van der Waals surface area contributed by atoms with Crippen LogP contribution in [0.3, 0.4) is 0 Å². The lowest BCUT2D eigenvalue weighted by molar-refractivity contribution is 0.0692. The first-order chi connectivity index (χ1) is 7.06. The molecule has 0 bridgehead atoms. The van der Waals surface area contributed by atoms with Gasteiger partial charge in [-0.1, -0.05) is 6.07 Å². The number of rotatable bonds is 4. The van der Waals surface area contributed by atoms with E-state index in [9.17, 15) is 4.79 Å². The fraction of sp³-hybridized carbons (Fsp3) is 0.125. The third-order valence-corrected chi connectivity index (χ3v) is 1.75. The summed E-state index contributed by atoms with van der Waals surface area (Å²) in [6.07, 6.45) is 0. The Morgan fingerprint density at radius 2 is 2.07 bits per heavy atom. The molecule has 0 aliphatic rings. The first kappa shape index (κ1) is 11.5. The van der Waals surface area contributed by atoms with Gasteiger partial charge in [0.05, 0.1) is 12.2 Å². The molecule has 0 amide bonds. The molecule has 1 aromatic carbocycles. The zero-order valence-corrected chi connectivity index (χ0v) is 7.62. The zero-order chi connectivity index (χ0) is 11.4. The van der Waals surface area contributed by atoms with Gasteiger partial charge in [0.25, 0.3) is 0 Å². The van der Waals surface area contributed by atoms with Crippen LogP contribution >= 0.6 is 0 Å². The maximum atomic E-state index is 10.7. The number of aliphatic hydroxyl groups is 1. The van der Waals surface area contributed by atoms with Crippen LogP contribution in [-0.4, -0.2) is 33.6 Å². The predicted octanol–water partition coefficient (Wildman–Crippen LogP) is -0.775. The second-order valence-corrected chi connectivity index (χ2v) is 2.69. The van der Waals surface area contributed by atoms with Gasteiger partial charge in [-0.15, -0.1) is 0 Å². The van der Waals surface area contributed by atoms with E-state index in [1.54, 1.807) is 0 Å². The minimum Gasteiger partial charge on any atom is -0.512 e. The number of carboxylic acid groups (broad SMARTS) is 1. The van der Waals surface area contributed by atoms with Gasteiger partial charge in [-0.3, -0.25) is 0 Å². The largest absolute Gasteiger partial charge is 0.707 e. The van der Waals surface area contributed by atoms with Crippen molar-refractivity contribution in [1.29, 1.82) is 0 Å². The molecule has 4 N–H and O–H groups in total. The Hall–Kier alpha value is -1.57. The van der Waals surface area contributed by atoms with Crippen LogP contribution < -0.4 is 4.65 Å². The average Bonchev–Trinajstić information content (AvgIpc) is 2.16. The predicted molar refractivity (Wildman–Crippen MR) is 50.1 cm³/mol. The number of hydrogen-bond donors (Lipinski definition) is 4. The highest BCUT2D eigenvalue weighted by Crippen LogP contribution is 2.22. The lowest BCUT2D eigenvalue weighted by Gasteiger charge is -2.11. The molecule has 1 aromatic rings. The Morgan fingerprint density at radius 3 is 2.53 bits per heavy atom. The first-order valence-corrected chi connectivity index (χ1v) is 4.05. The molecule has 0 saturated carbocycles. The van der Waals surface area contributed by atoms with E-state index in [-0.39, 0.29) is 16.9 Å². The standard InChI is InChI=1S/C8H9BO6/c10-4-6-5(8(11)12)2-1-3-7(6)15-9(13)14/h1-3,10,13-14H,4H2,(H,11,12). The first-order valence-electron chi connectivity index (χ1n) is 4.05. The van der Waals surface area contributed by atoms with Crippen molar-refractivity contribution in [1.82, 2.24) is 0 Å². The van der Waals surface area contributed by atoms with Gasteiger partial charge in [0.2, 0.25) is 0 Å². The molecule has 6 nitrogen and oxygen atoms in total. The molecule has 0 saturated heterocycles. The van der Waals surface area contributed by atoms with Crippen LogP contribution in [0.15, 0.2) is 18.2 Å². The van der Waals surface area contributed by atoms with E-state index in [0.717, 1.165) is 0 Å². The van der Waals surface area contributed by atoms with Gasteiger partial charge in [0.15, 0.2) is 0 Å². The van der Waals surface area contributed by atoms with E-state index in [1.807, 2.05) is 0 Å². The van der Waals surface area contributed by atoms with Gasteiger partial charge in [-0.2, -0.15) is 0 Å². The van der Waals surface area contributed by atoms with Crippen LogP contribution in [0.5, 0.6) is 5.75 Å². The number of aromatic carboxylic acids is 1. The molecule has 0 heterocycles. The number of carboxylic acids is 1. The van der Waals surface area contributed by atoms with Crippen molar-refractivity contribution in [2.75, 3.05) is 0 Å². The molecule has 0 fully saturated rings. The molecule has 0 aliphatic heterocycles. The Balaban J connectivity index is 3.16. The average molecular weight is 212 g/mol. The maximum Gasteiger partial charge on any atom is 0.707 e. The molecule has 0 unspecified atom stereocenters. The molecular formula is C8H9BO6. The quantitative estimate of drug-likeness (QED) is 0.488. The van der Waals surface area contributed by atoms with Gasteiger partial charge >= 0.3 is 13.3 Å². The van der Waals surface area contributed by atoms with Gasteiger partial charge in [0.1, 0.15) is 5.75 Å². The summed E-state index contributed by atoms with van der Waals surface area (Å²) in [6, 6.07) is 3.99. The second-order valence-electron chi connectivity index (χ2n) is 2.69. The van der Waals surface area contributed by atoms with Crippen LogP contribution in [0.25, 0.3) is 0 Å². The summed E-state index contributed by atoms with van der Waals surface area (Å²) < 4.78 is 4.51. The van der Waals surface area contributed by atoms with Crippen molar-refractivity contribution >= 4 is 13.3 Å². The topological polar surface area (TPSA) is 107 Å². The fourth-order valence-electron chi connectivity index (χ4n) is 1.15. The highest BCUT2D eigenvalue weighted by Gasteiger charge is 2.18. The van der Waals surface area contributed by atoms with Gasteiger partial charge in [0, 0.05) is 5.56 Å². The zero-order valence-electron chi connectivity index (χ0n) is 7.62. The van der Waals surface area contributed by atoms with Crippen molar-refractivity contribution in [2.24, 2.45) is 0 Å². The summed E-state index contributed by atoms with van der Waals surface area (Å²) in [4.78, 5) is 10.7. The molecule has 7 heteroatoms. The Morgan fingerprint density at radius 1 is 1.40 bits per heavy atom. The SMILES string of the molecule is O=C(O)c1cccc(OB(O)O)c1CO. The van der Waals surface area contributed by atoms with Crippen LogP contribution in [-0.2, 0) is 6.61 Å². The normalized spacial score (nSPS) is 9.80. The van der Waals surface area contributed by atoms with Gasteiger partial charge in [-0.05, 0) is 12.1 Å². The maximum absolute atomic E-state index is 10.7. The van der Waals surface area contributed by atoms with Gasteiger partial charge < -0.3 is 24.9 Å². The van der Waals surface area contributed by atoms with Crippen LogP contribution in [0.2, 0.25) is 0 Å². The molecule has 0 aromatic heterocycles. The number of benzene rings is 1. The number of aliphatic hydroxyl groups excluding tert-OH is 1. The third kappa shape index (κ3) is 2.69. The van der Waals surface area contributed by atoms with Crippen LogP contribution in [0.4, 0.5) is 0 Å². The van der Waals surface area contributed by atoms with Crippen molar-refractivity contribution in [3.8, 4) is 5.75 Å².